The van der Waals surface area contributed by atoms with Crippen molar-refractivity contribution in [2.45, 2.75) is 46.5 Å². The Morgan fingerprint density at radius 2 is 2.21 bits per heavy atom. The summed E-state index contributed by atoms with van der Waals surface area (Å²) in [6.07, 6.45) is 3.54. The molecule has 0 aromatic heterocycles. The summed E-state index contributed by atoms with van der Waals surface area (Å²) in [6, 6.07) is 0. The Kier molecular flexibility index (Phi) is 3.32. The van der Waals surface area contributed by atoms with Crippen LogP contribution in [-0.4, -0.2) is 11.2 Å². The standard InChI is InChI=1S/C11H18O3/c1-8-5-4-6-11(2,3)9(8)7-10(12)14-13/h13H,4-7H2,1-3H3. The minimum atomic E-state index is -0.561. The van der Waals surface area contributed by atoms with Crippen molar-refractivity contribution in [2.24, 2.45) is 5.41 Å². The molecule has 0 unspecified atom stereocenters. The van der Waals surface area contributed by atoms with E-state index in [1.54, 1.807) is 0 Å². The summed E-state index contributed by atoms with van der Waals surface area (Å²) in [7, 11) is 0. The second-order valence-electron chi connectivity index (χ2n) is 4.64. The van der Waals surface area contributed by atoms with E-state index in [4.69, 9.17) is 5.26 Å². The van der Waals surface area contributed by atoms with Crippen molar-refractivity contribution < 1.29 is 14.9 Å². The van der Waals surface area contributed by atoms with Gasteiger partial charge in [0.25, 0.3) is 0 Å². The molecule has 14 heavy (non-hydrogen) atoms. The third-order valence-electron chi connectivity index (χ3n) is 3.11. The summed E-state index contributed by atoms with van der Waals surface area (Å²) >= 11 is 0. The second-order valence-corrected chi connectivity index (χ2v) is 4.64. The summed E-state index contributed by atoms with van der Waals surface area (Å²) in [5, 5.41) is 8.25. The van der Waals surface area contributed by atoms with E-state index >= 15 is 0 Å². The van der Waals surface area contributed by atoms with E-state index in [1.165, 1.54) is 12.0 Å². The van der Waals surface area contributed by atoms with Crippen LogP contribution in [0.3, 0.4) is 0 Å². The lowest BCUT2D eigenvalue weighted by molar-refractivity contribution is -0.233. The van der Waals surface area contributed by atoms with Gasteiger partial charge in [-0.05, 0) is 31.6 Å². The Morgan fingerprint density at radius 1 is 1.57 bits per heavy atom. The van der Waals surface area contributed by atoms with Gasteiger partial charge in [0.15, 0.2) is 0 Å². The summed E-state index contributed by atoms with van der Waals surface area (Å²) in [6.45, 7) is 6.33. The number of allylic oxidation sites excluding steroid dienone is 1. The Bertz CT molecular complexity index is 264. The van der Waals surface area contributed by atoms with Crippen LogP contribution in [0.15, 0.2) is 11.1 Å². The number of hydrogen-bond donors (Lipinski definition) is 1. The van der Waals surface area contributed by atoms with Gasteiger partial charge in [0.1, 0.15) is 0 Å². The predicted molar refractivity (Wildman–Crippen MR) is 53.7 cm³/mol. The van der Waals surface area contributed by atoms with Crippen molar-refractivity contribution in [3.05, 3.63) is 11.1 Å². The summed E-state index contributed by atoms with van der Waals surface area (Å²) < 4.78 is 0. The Hall–Kier alpha value is -0.830. The van der Waals surface area contributed by atoms with Gasteiger partial charge in [-0.1, -0.05) is 25.0 Å². The van der Waals surface area contributed by atoms with Gasteiger partial charge in [-0.2, -0.15) is 5.26 Å². The first-order valence-corrected chi connectivity index (χ1v) is 5.01. The van der Waals surface area contributed by atoms with Gasteiger partial charge in [0.05, 0.1) is 6.42 Å². The molecule has 0 fully saturated rings. The van der Waals surface area contributed by atoms with E-state index in [-0.39, 0.29) is 11.8 Å². The second kappa shape index (κ2) is 4.13. The molecule has 1 aliphatic rings. The molecule has 0 aliphatic heterocycles. The average molecular weight is 198 g/mol. The number of carbonyl (C=O) groups is 1. The maximum absolute atomic E-state index is 11.0. The highest BCUT2D eigenvalue weighted by molar-refractivity contribution is 5.72. The van der Waals surface area contributed by atoms with Gasteiger partial charge in [0, 0.05) is 0 Å². The van der Waals surface area contributed by atoms with Crippen molar-refractivity contribution in [1.29, 1.82) is 0 Å². The molecule has 0 heterocycles. The van der Waals surface area contributed by atoms with E-state index in [2.05, 4.69) is 25.7 Å². The van der Waals surface area contributed by atoms with Crippen LogP contribution in [-0.2, 0) is 9.68 Å². The molecule has 1 N–H and O–H groups in total. The predicted octanol–water partition coefficient (Wildman–Crippen LogP) is 2.92. The molecule has 1 rings (SSSR count). The van der Waals surface area contributed by atoms with Crippen LogP contribution in [0.2, 0.25) is 0 Å². The van der Waals surface area contributed by atoms with Gasteiger partial charge in [0.2, 0.25) is 0 Å². The van der Waals surface area contributed by atoms with Crippen molar-refractivity contribution in [3.8, 4) is 0 Å². The topological polar surface area (TPSA) is 46.5 Å². The van der Waals surface area contributed by atoms with Gasteiger partial charge >= 0.3 is 5.97 Å². The SMILES string of the molecule is CC1=C(CC(=O)OO)C(C)(C)CCC1. The van der Waals surface area contributed by atoms with Crippen LogP contribution in [0, 0.1) is 5.41 Å². The minimum Gasteiger partial charge on any atom is -0.301 e. The molecule has 0 saturated heterocycles. The zero-order valence-electron chi connectivity index (χ0n) is 9.09. The van der Waals surface area contributed by atoms with E-state index in [0.717, 1.165) is 18.4 Å². The molecule has 1 aliphatic carbocycles. The fourth-order valence-corrected chi connectivity index (χ4v) is 2.24. The monoisotopic (exact) mass is 198 g/mol. The van der Waals surface area contributed by atoms with Crippen LogP contribution in [0.25, 0.3) is 0 Å². The first kappa shape index (κ1) is 11.2. The lowest BCUT2D eigenvalue weighted by Gasteiger charge is -2.33. The normalized spacial score (nSPS) is 20.9. The molecule has 0 aromatic carbocycles. The molecule has 3 nitrogen and oxygen atoms in total. The highest BCUT2D eigenvalue weighted by Gasteiger charge is 2.29. The van der Waals surface area contributed by atoms with Crippen LogP contribution >= 0.6 is 0 Å². The Morgan fingerprint density at radius 3 is 2.71 bits per heavy atom. The summed E-state index contributed by atoms with van der Waals surface area (Å²) in [4.78, 5) is 14.7. The van der Waals surface area contributed by atoms with Crippen LogP contribution in [0.5, 0.6) is 0 Å². The third-order valence-corrected chi connectivity index (χ3v) is 3.11. The largest absolute Gasteiger partial charge is 0.346 e. The lowest BCUT2D eigenvalue weighted by atomic mass is 9.71. The van der Waals surface area contributed by atoms with E-state index < -0.39 is 5.97 Å². The third kappa shape index (κ3) is 2.35. The quantitative estimate of drug-likeness (QED) is 0.421. The van der Waals surface area contributed by atoms with Gasteiger partial charge in [-0.3, -0.25) is 0 Å². The van der Waals surface area contributed by atoms with Crippen LogP contribution in [0.1, 0.15) is 46.5 Å². The minimum absolute atomic E-state index is 0.0660. The molecule has 3 heteroatoms. The van der Waals surface area contributed by atoms with Gasteiger partial charge in [-0.25, -0.2) is 4.79 Å². The number of rotatable bonds is 2. The smallest absolute Gasteiger partial charge is 0.301 e. The maximum atomic E-state index is 11.0. The van der Waals surface area contributed by atoms with E-state index in [0.29, 0.717) is 0 Å². The van der Waals surface area contributed by atoms with Crippen molar-refractivity contribution in [3.63, 3.8) is 0 Å². The van der Waals surface area contributed by atoms with Gasteiger partial charge < -0.3 is 4.89 Å². The van der Waals surface area contributed by atoms with Crippen molar-refractivity contribution >= 4 is 5.97 Å². The zero-order valence-corrected chi connectivity index (χ0v) is 9.09. The molecule has 0 saturated carbocycles. The first-order chi connectivity index (χ1) is 6.47. The molecule has 0 aromatic rings. The first-order valence-electron chi connectivity index (χ1n) is 5.01. The van der Waals surface area contributed by atoms with Crippen LogP contribution in [0.4, 0.5) is 0 Å². The van der Waals surface area contributed by atoms with Gasteiger partial charge in [-0.15, -0.1) is 0 Å². The molecule has 80 valence electrons. The van der Waals surface area contributed by atoms with E-state index in [1.807, 2.05) is 0 Å². The molecule has 0 bridgehead atoms. The fourth-order valence-electron chi connectivity index (χ4n) is 2.24. The maximum Gasteiger partial charge on any atom is 0.346 e. The summed E-state index contributed by atoms with van der Waals surface area (Å²) in [5.74, 6) is -0.561. The molecule has 0 amide bonds. The highest BCUT2D eigenvalue weighted by atomic mass is 17.1. The number of carbonyl (C=O) groups excluding carboxylic acids is 1. The average Bonchev–Trinajstić information content (AvgIpc) is 2.11. The van der Waals surface area contributed by atoms with Crippen LogP contribution < -0.4 is 0 Å². The molecular formula is C11H18O3. The molecule has 0 atom stereocenters. The van der Waals surface area contributed by atoms with E-state index in [9.17, 15) is 4.79 Å². The Balaban J connectivity index is 2.85. The van der Waals surface area contributed by atoms with Crippen molar-refractivity contribution in [2.75, 3.05) is 0 Å². The molecule has 0 radical (unpaired) electrons. The molecular weight excluding hydrogens is 180 g/mol. The van der Waals surface area contributed by atoms with Crippen molar-refractivity contribution in [1.82, 2.24) is 0 Å². The number of hydrogen-bond acceptors (Lipinski definition) is 3. The Labute approximate surface area is 84.7 Å². The zero-order chi connectivity index (χ0) is 10.8. The highest BCUT2D eigenvalue weighted by Crippen LogP contribution is 2.41. The lowest BCUT2D eigenvalue weighted by Crippen LogP contribution is -2.22. The summed E-state index contributed by atoms with van der Waals surface area (Å²) in [5.41, 5.74) is 2.46. The molecule has 0 spiro atoms. The fraction of sp³-hybridized carbons (Fsp3) is 0.727.